The predicted molar refractivity (Wildman–Crippen MR) is 78.2 cm³/mol. The van der Waals surface area contributed by atoms with E-state index < -0.39 is 0 Å². The van der Waals surface area contributed by atoms with Crippen LogP contribution in [0.3, 0.4) is 0 Å². The van der Waals surface area contributed by atoms with Crippen molar-refractivity contribution in [2.75, 3.05) is 5.32 Å². The number of nitriles is 1. The zero-order chi connectivity index (χ0) is 14.4. The summed E-state index contributed by atoms with van der Waals surface area (Å²) < 4.78 is 2.01. The first kappa shape index (κ1) is 14.1. The quantitative estimate of drug-likeness (QED) is 0.875. The molecule has 0 spiro atoms. The molecular weight excluding hydrogens is 250 g/mol. The molecule has 104 valence electrons. The van der Waals surface area contributed by atoms with Crippen LogP contribution in [-0.2, 0) is 13.1 Å². The van der Waals surface area contributed by atoms with Crippen LogP contribution in [0, 0.1) is 18.3 Å². The van der Waals surface area contributed by atoms with Gasteiger partial charge >= 0.3 is 0 Å². The number of rotatable bonds is 6. The minimum absolute atomic E-state index is 0.430. The van der Waals surface area contributed by atoms with Gasteiger partial charge in [-0.15, -0.1) is 0 Å². The van der Waals surface area contributed by atoms with Gasteiger partial charge in [0.05, 0.1) is 17.6 Å². The van der Waals surface area contributed by atoms with Gasteiger partial charge < -0.3 is 5.32 Å². The summed E-state index contributed by atoms with van der Waals surface area (Å²) in [7, 11) is 0. The molecule has 0 amide bonds. The van der Waals surface area contributed by atoms with Crippen molar-refractivity contribution in [3.05, 3.63) is 41.5 Å². The van der Waals surface area contributed by atoms with E-state index in [1.165, 1.54) is 12.0 Å². The maximum Gasteiger partial charge on any atom is 0.140 e. The molecular formula is C15H19N5. The molecule has 2 rings (SSSR count). The lowest BCUT2D eigenvalue weighted by atomic mass is 10.2. The van der Waals surface area contributed by atoms with Crippen LogP contribution in [0.4, 0.5) is 5.69 Å². The van der Waals surface area contributed by atoms with E-state index in [2.05, 4.69) is 28.5 Å². The van der Waals surface area contributed by atoms with Crippen LogP contribution in [0.5, 0.6) is 0 Å². The molecule has 2 aromatic heterocycles. The number of anilines is 1. The molecule has 2 heterocycles. The summed E-state index contributed by atoms with van der Waals surface area (Å²) >= 11 is 0. The molecule has 2 aromatic rings. The average molecular weight is 269 g/mol. The fraction of sp³-hybridized carbons (Fsp3) is 0.400. The number of aromatic nitrogens is 3. The molecule has 0 fully saturated rings. The summed E-state index contributed by atoms with van der Waals surface area (Å²) in [6.07, 6.45) is 6.08. The maximum atomic E-state index is 8.70. The lowest BCUT2D eigenvalue weighted by Gasteiger charge is -2.04. The summed E-state index contributed by atoms with van der Waals surface area (Å²) in [4.78, 5) is 4.03. The summed E-state index contributed by atoms with van der Waals surface area (Å²) in [6, 6.07) is 5.58. The van der Waals surface area contributed by atoms with E-state index in [1.54, 1.807) is 12.3 Å². The highest BCUT2D eigenvalue weighted by molar-refractivity contribution is 5.43. The van der Waals surface area contributed by atoms with Gasteiger partial charge in [-0.05, 0) is 25.5 Å². The Hall–Kier alpha value is -2.35. The minimum Gasteiger partial charge on any atom is -0.380 e. The zero-order valence-corrected chi connectivity index (χ0v) is 11.9. The Balaban J connectivity index is 1.96. The Morgan fingerprint density at radius 1 is 1.40 bits per heavy atom. The largest absolute Gasteiger partial charge is 0.380 e. The molecule has 0 aliphatic carbocycles. The van der Waals surface area contributed by atoms with Crippen molar-refractivity contribution < 1.29 is 0 Å². The second-order valence-corrected chi connectivity index (χ2v) is 4.75. The summed E-state index contributed by atoms with van der Waals surface area (Å²) in [5.74, 6) is 0. The molecule has 0 aliphatic rings. The Bertz CT molecular complexity index is 592. The maximum absolute atomic E-state index is 8.70. The molecule has 0 unspecified atom stereocenters. The Kier molecular flexibility index (Phi) is 4.72. The van der Waals surface area contributed by atoms with Crippen LogP contribution in [0.2, 0.25) is 0 Å². The fourth-order valence-corrected chi connectivity index (χ4v) is 1.93. The minimum atomic E-state index is 0.430. The summed E-state index contributed by atoms with van der Waals surface area (Å²) in [5, 5.41) is 16.5. The molecule has 0 saturated carbocycles. The lowest BCUT2D eigenvalue weighted by Crippen LogP contribution is -2.00. The number of unbranched alkanes of at least 4 members (excludes halogenated alkanes) is 1. The first-order chi connectivity index (χ1) is 9.72. The highest BCUT2D eigenvalue weighted by Crippen LogP contribution is 2.11. The molecule has 0 radical (unpaired) electrons. The van der Waals surface area contributed by atoms with Crippen LogP contribution in [0.25, 0.3) is 0 Å². The lowest BCUT2D eigenvalue weighted by molar-refractivity contribution is 0.568. The van der Waals surface area contributed by atoms with E-state index in [0.717, 1.165) is 24.3 Å². The van der Waals surface area contributed by atoms with Gasteiger partial charge in [-0.2, -0.15) is 10.4 Å². The van der Waals surface area contributed by atoms with Crippen molar-refractivity contribution in [3.8, 4) is 6.07 Å². The van der Waals surface area contributed by atoms with Crippen LogP contribution in [0.15, 0.2) is 24.5 Å². The Morgan fingerprint density at radius 3 is 2.90 bits per heavy atom. The molecule has 0 aromatic carbocycles. The smallest absolute Gasteiger partial charge is 0.140 e. The number of pyridine rings is 1. The third-order valence-corrected chi connectivity index (χ3v) is 3.15. The Morgan fingerprint density at radius 2 is 2.25 bits per heavy atom. The number of hydrogen-bond acceptors (Lipinski definition) is 4. The van der Waals surface area contributed by atoms with Crippen molar-refractivity contribution in [3.63, 3.8) is 0 Å². The molecule has 1 N–H and O–H groups in total. The van der Waals surface area contributed by atoms with Gasteiger partial charge in [0.2, 0.25) is 0 Å². The summed E-state index contributed by atoms with van der Waals surface area (Å²) in [5.41, 5.74) is 3.57. The monoisotopic (exact) mass is 269 g/mol. The highest BCUT2D eigenvalue weighted by Gasteiger charge is 2.04. The van der Waals surface area contributed by atoms with Gasteiger partial charge in [-0.25, -0.2) is 4.98 Å². The van der Waals surface area contributed by atoms with Crippen LogP contribution in [0.1, 0.15) is 36.7 Å². The van der Waals surface area contributed by atoms with Crippen LogP contribution < -0.4 is 5.32 Å². The van der Waals surface area contributed by atoms with Gasteiger partial charge in [-0.3, -0.25) is 4.68 Å². The van der Waals surface area contributed by atoms with Gasteiger partial charge in [-0.1, -0.05) is 13.3 Å². The standard InChI is InChI=1S/C15H19N5/c1-3-4-7-20-11-13(12(2)19-20)9-17-15-6-5-14(8-16)18-10-15/h5-6,10-11,17H,3-4,7,9H2,1-2H3. The van der Waals surface area contributed by atoms with Gasteiger partial charge in [0.15, 0.2) is 0 Å². The number of nitrogens with one attached hydrogen (secondary N) is 1. The van der Waals surface area contributed by atoms with E-state index in [4.69, 9.17) is 5.26 Å². The average Bonchev–Trinajstić information content (AvgIpc) is 2.83. The first-order valence-electron chi connectivity index (χ1n) is 6.86. The van der Waals surface area contributed by atoms with Crippen LogP contribution in [-0.4, -0.2) is 14.8 Å². The molecule has 5 nitrogen and oxygen atoms in total. The van der Waals surface area contributed by atoms with E-state index in [-0.39, 0.29) is 0 Å². The van der Waals surface area contributed by atoms with Crippen molar-refractivity contribution in [2.45, 2.75) is 39.8 Å². The molecule has 0 saturated heterocycles. The fourth-order valence-electron chi connectivity index (χ4n) is 1.93. The summed E-state index contributed by atoms with van der Waals surface area (Å²) in [6.45, 7) is 5.88. The molecule has 20 heavy (non-hydrogen) atoms. The number of aryl methyl sites for hydroxylation is 2. The first-order valence-corrected chi connectivity index (χ1v) is 6.86. The van der Waals surface area contributed by atoms with Crippen molar-refractivity contribution in [1.29, 1.82) is 5.26 Å². The molecule has 0 bridgehead atoms. The second-order valence-electron chi connectivity index (χ2n) is 4.75. The predicted octanol–water partition coefficient (Wildman–Crippen LogP) is 2.87. The molecule has 5 heteroatoms. The van der Waals surface area contributed by atoms with Crippen molar-refractivity contribution in [1.82, 2.24) is 14.8 Å². The SMILES string of the molecule is CCCCn1cc(CNc2ccc(C#N)nc2)c(C)n1. The number of nitrogens with zero attached hydrogens (tertiary/aromatic N) is 4. The van der Waals surface area contributed by atoms with Crippen molar-refractivity contribution in [2.24, 2.45) is 0 Å². The number of hydrogen-bond donors (Lipinski definition) is 1. The van der Waals surface area contributed by atoms with Gasteiger partial charge in [0.25, 0.3) is 0 Å². The van der Waals surface area contributed by atoms with Gasteiger partial charge in [0.1, 0.15) is 11.8 Å². The van der Waals surface area contributed by atoms with E-state index in [0.29, 0.717) is 12.2 Å². The second kappa shape index (κ2) is 6.71. The van der Waals surface area contributed by atoms with Crippen molar-refractivity contribution >= 4 is 5.69 Å². The van der Waals surface area contributed by atoms with E-state index >= 15 is 0 Å². The van der Waals surface area contributed by atoms with E-state index in [1.807, 2.05) is 23.7 Å². The van der Waals surface area contributed by atoms with Crippen LogP contribution >= 0.6 is 0 Å². The zero-order valence-electron chi connectivity index (χ0n) is 11.9. The van der Waals surface area contributed by atoms with Gasteiger partial charge in [0, 0.05) is 24.8 Å². The third kappa shape index (κ3) is 3.58. The topological polar surface area (TPSA) is 66.5 Å². The highest BCUT2D eigenvalue weighted by atomic mass is 15.3. The third-order valence-electron chi connectivity index (χ3n) is 3.15. The molecule has 0 aliphatic heterocycles. The van der Waals surface area contributed by atoms with E-state index in [9.17, 15) is 0 Å². The normalized spacial score (nSPS) is 10.2. The molecule has 0 atom stereocenters. The Labute approximate surface area is 119 Å².